The summed E-state index contributed by atoms with van der Waals surface area (Å²) in [4.78, 5) is 37.3. The maximum atomic E-state index is 12.7. The molecule has 0 bridgehead atoms. The third kappa shape index (κ3) is 5.05. The fraction of sp³-hybridized carbons (Fsp3) is 0.360. The zero-order chi connectivity index (χ0) is 23.6. The number of aromatic nitrogens is 2. The molecular weight excluding hydrogens is 418 g/mol. The lowest BCUT2D eigenvalue weighted by Crippen LogP contribution is -2.44. The van der Waals surface area contributed by atoms with Gasteiger partial charge in [0.05, 0.1) is 5.39 Å². The lowest BCUT2D eigenvalue weighted by atomic mass is 9.70. The van der Waals surface area contributed by atoms with E-state index in [9.17, 15) is 14.4 Å². The third-order valence-electron chi connectivity index (χ3n) is 6.28. The first kappa shape index (κ1) is 22.5. The minimum atomic E-state index is -0.616. The van der Waals surface area contributed by atoms with Crippen LogP contribution in [0.5, 0.6) is 0 Å². The van der Waals surface area contributed by atoms with Gasteiger partial charge in [-0.2, -0.15) is 5.10 Å². The lowest BCUT2D eigenvalue weighted by molar-refractivity contribution is 0.0932. The highest BCUT2D eigenvalue weighted by Crippen LogP contribution is 2.43. The molecule has 1 unspecified atom stereocenters. The fourth-order valence-corrected chi connectivity index (χ4v) is 4.66. The molecule has 0 radical (unpaired) electrons. The molecule has 1 aliphatic carbocycles. The Morgan fingerprint density at radius 2 is 1.82 bits per heavy atom. The first-order valence-electron chi connectivity index (χ1n) is 11.2. The number of carbonyl (C=O) groups is 2. The van der Waals surface area contributed by atoms with Crippen molar-refractivity contribution in [2.75, 3.05) is 5.32 Å². The second-order valence-electron chi connectivity index (χ2n) is 9.44. The molecule has 8 heteroatoms. The van der Waals surface area contributed by atoms with Crippen molar-refractivity contribution in [2.45, 2.75) is 45.4 Å². The van der Waals surface area contributed by atoms with Crippen LogP contribution in [0.3, 0.4) is 0 Å². The van der Waals surface area contributed by atoms with Gasteiger partial charge >= 0.3 is 6.03 Å². The summed E-state index contributed by atoms with van der Waals surface area (Å²) in [5.74, 6) is -0.141. The SMILES string of the molecule is Cn1nc(C(=O)NNC(=O)Nc2cccc(C3CCCC(C)(C)C3)c2)c2ccccc2c1=O. The largest absolute Gasteiger partial charge is 0.337 e. The van der Waals surface area contributed by atoms with E-state index < -0.39 is 11.9 Å². The van der Waals surface area contributed by atoms with Crippen molar-refractivity contribution < 1.29 is 9.59 Å². The minimum Gasteiger partial charge on any atom is -0.307 e. The second-order valence-corrected chi connectivity index (χ2v) is 9.44. The van der Waals surface area contributed by atoms with Crippen molar-refractivity contribution in [3.63, 3.8) is 0 Å². The number of urea groups is 1. The summed E-state index contributed by atoms with van der Waals surface area (Å²) in [5, 5.41) is 7.63. The molecule has 1 atom stereocenters. The van der Waals surface area contributed by atoms with E-state index in [-0.39, 0.29) is 11.3 Å². The Morgan fingerprint density at radius 1 is 1.06 bits per heavy atom. The van der Waals surface area contributed by atoms with Gasteiger partial charge in [0.1, 0.15) is 0 Å². The standard InChI is InChI=1S/C25H29N5O3/c1-25(2)13-7-9-17(15-25)16-8-6-10-18(14-16)26-24(33)28-27-22(31)21-19-11-4-5-12-20(19)23(32)30(3)29-21/h4-6,8,10-12,14,17H,7,9,13,15H2,1-3H3,(H,27,31)(H2,26,28,33). The predicted molar refractivity (Wildman–Crippen MR) is 128 cm³/mol. The third-order valence-corrected chi connectivity index (χ3v) is 6.28. The lowest BCUT2D eigenvalue weighted by Gasteiger charge is -2.35. The Balaban J connectivity index is 1.41. The first-order chi connectivity index (χ1) is 15.7. The van der Waals surface area contributed by atoms with Gasteiger partial charge in [-0.3, -0.25) is 15.0 Å². The molecule has 1 aliphatic rings. The van der Waals surface area contributed by atoms with Gasteiger partial charge in [0, 0.05) is 18.1 Å². The van der Waals surface area contributed by atoms with Crippen molar-refractivity contribution in [2.24, 2.45) is 12.5 Å². The predicted octanol–water partition coefficient (Wildman–Crippen LogP) is 4.08. The number of amides is 3. The van der Waals surface area contributed by atoms with Crippen LogP contribution in [-0.4, -0.2) is 21.7 Å². The molecule has 2 aromatic carbocycles. The Kier molecular flexibility index (Phi) is 6.18. The molecule has 3 N–H and O–H groups in total. The minimum absolute atomic E-state index is 0.0508. The molecule has 0 aliphatic heterocycles. The number of nitrogens with zero attached hydrogens (tertiary/aromatic N) is 2. The topological polar surface area (TPSA) is 105 Å². The van der Waals surface area contributed by atoms with Crippen LogP contribution in [0.25, 0.3) is 10.8 Å². The number of anilines is 1. The van der Waals surface area contributed by atoms with E-state index in [1.807, 2.05) is 18.2 Å². The van der Waals surface area contributed by atoms with Gasteiger partial charge in [-0.1, -0.05) is 50.6 Å². The van der Waals surface area contributed by atoms with Gasteiger partial charge in [-0.25, -0.2) is 14.9 Å². The van der Waals surface area contributed by atoms with E-state index in [0.717, 1.165) is 17.5 Å². The molecule has 1 saturated carbocycles. The summed E-state index contributed by atoms with van der Waals surface area (Å²) >= 11 is 0. The van der Waals surface area contributed by atoms with E-state index in [1.54, 1.807) is 24.3 Å². The molecule has 0 saturated heterocycles. The van der Waals surface area contributed by atoms with E-state index in [4.69, 9.17) is 0 Å². The Labute approximate surface area is 192 Å². The molecule has 4 rings (SSSR count). The zero-order valence-electron chi connectivity index (χ0n) is 19.1. The first-order valence-corrected chi connectivity index (χ1v) is 11.2. The Bertz CT molecular complexity index is 1260. The number of aryl methyl sites for hydroxylation is 1. The summed E-state index contributed by atoms with van der Waals surface area (Å²) in [5.41, 5.74) is 6.69. The molecule has 1 fully saturated rings. The number of hydrogen-bond donors (Lipinski definition) is 3. The van der Waals surface area contributed by atoms with Crippen LogP contribution in [0, 0.1) is 5.41 Å². The summed E-state index contributed by atoms with van der Waals surface area (Å²) < 4.78 is 1.11. The number of fused-ring (bicyclic) bond motifs is 1. The van der Waals surface area contributed by atoms with E-state index >= 15 is 0 Å². The van der Waals surface area contributed by atoms with Crippen molar-refractivity contribution >= 4 is 28.4 Å². The maximum absolute atomic E-state index is 12.7. The van der Waals surface area contributed by atoms with Crippen LogP contribution in [-0.2, 0) is 7.05 Å². The van der Waals surface area contributed by atoms with E-state index in [2.05, 4.69) is 41.2 Å². The van der Waals surface area contributed by atoms with Crippen LogP contribution in [0.4, 0.5) is 10.5 Å². The van der Waals surface area contributed by atoms with Crippen LogP contribution in [0.2, 0.25) is 0 Å². The van der Waals surface area contributed by atoms with Gasteiger partial charge in [0.25, 0.3) is 11.5 Å². The van der Waals surface area contributed by atoms with Crippen molar-refractivity contribution in [3.05, 3.63) is 70.1 Å². The van der Waals surface area contributed by atoms with E-state index in [1.165, 1.54) is 25.5 Å². The maximum Gasteiger partial charge on any atom is 0.337 e. The molecule has 33 heavy (non-hydrogen) atoms. The normalized spacial score (nSPS) is 17.4. The average Bonchev–Trinajstić information content (AvgIpc) is 2.79. The quantitative estimate of drug-likeness (QED) is 0.526. The van der Waals surface area contributed by atoms with Crippen LogP contribution >= 0.6 is 0 Å². The van der Waals surface area contributed by atoms with Gasteiger partial charge in [0.2, 0.25) is 0 Å². The molecule has 0 spiro atoms. The van der Waals surface area contributed by atoms with Gasteiger partial charge in [-0.05, 0) is 54.4 Å². The highest BCUT2D eigenvalue weighted by molar-refractivity contribution is 6.05. The Hall–Kier alpha value is -3.68. The summed E-state index contributed by atoms with van der Waals surface area (Å²) in [7, 11) is 1.48. The summed E-state index contributed by atoms with van der Waals surface area (Å²) in [6, 6.07) is 14.0. The van der Waals surface area contributed by atoms with E-state index in [0.29, 0.717) is 27.8 Å². The number of benzene rings is 2. The summed E-state index contributed by atoms with van der Waals surface area (Å²) in [6.07, 6.45) is 4.72. The zero-order valence-corrected chi connectivity index (χ0v) is 19.1. The van der Waals surface area contributed by atoms with Crippen molar-refractivity contribution in [1.82, 2.24) is 20.6 Å². The van der Waals surface area contributed by atoms with Crippen LogP contribution < -0.4 is 21.7 Å². The van der Waals surface area contributed by atoms with Crippen molar-refractivity contribution in [3.8, 4) is 0 Å². The number of carbonyl (C=O) groups excluding carboxylic acids is 2. The Morgan fingerprint density at radius 3 is 2.58 bits per heavy atom. The highest BCUT2D eigenvalue weighted by Gasteiger charge is 2.28. The molecule has 172 valence electrons. The summed E-state index contributed by atoms with van der Waals surface area (Å²) in [6.45, 7) is 4.61. The van der Waals surface area contributed by atoms with Gasteiger partial charge in [0.15, 0.2) is 5.69 Å². The molecule has 1 aromatic heterocycles. The smallest absolute Gasteiger partial charge is 0.307 e. The van der Waals surface area contributed by atoms with Gasteiger partial charge in [-0.15, -0.1) is 0 Å². The van der Waals surface area contributed by atoms with Crippen LogP contribution in [0.1, 0.15) is 61.5 Å². The average molecular weight is 448 g/mol. The molecule has 3 aromatic rings. The van der Waals surface area contributed by atoms with Gasteiger partial charge < -0.3 is 5.32 Å². The molecule has 8 nitrogen and oxygen atoms in total. The second kappa shape index (κ2) is 9.05. The fourth-order valence-electron chi connectivity index (χ4n) is 4.66. The van der Waals surface area contributed by atoms with Crippen LogP contribution in [0.15, 0.2) is 53.3 Å². The number of hydrazine groups is 1. The number of rotatable bonds is 3. The van der Waals surface area contributed by atoms with Crippen molar-refractivity contribution in [1.29, 1.82) is 0 Å². The number of nitrogens with one attached hydrogen (secondary N) is 3. The molecular formula is C25H29N5O3. The highest BCUT2D eigenvalue weighted by atomic mass is 16.2. The molecule has 1 heterocycles. The monoisotopic (exact) mass is 447 g/mol. The molecule has 3 amide bonds. The number of hydrogen-bond acceptors (Lipinski definition) is 4.